The number of hydrazone groups is 1. The van der Waals surface area contributed by atoms with Crippen LogP contribution in [0.2, 0.25) is 0 Å². The topological polar surface area (TPSA) is 72.8 Å². The van der Waals surface area contributed by atoms with Crippen LogP contribution in [0.5, 0.6) is 11.5 Å². The van der Waals surface area contributed by atoms with Crippen LogP contribution >= 0.6 is 0 Å². The lowest BCUT2D eigenvalue weighted by molar-refractivity contribution is -0.0543. The van der Waals surface area contributed by atoms with E-state index >= 15 is 0 Å². The van der Waals surface area contributed by atoms with Crippen LogP contribution in [0, 0.1) is 0 Å². The molecule has 2 rings (SSSR count). The first-order chi connectivity index (χ1) is 12.4. The van der Waals surface area contributed by atoms with Crippen molar-refractivity contribution in [2.75, 3.05) is 0 Å². The van der Waals surface area contributed by atoms with Crippen molar-refractivity contribution in [1.82, 2.24) is 10.4 Å². The number of nitrogens with zero attached hydrogens (tertiary/aromatic N) is 2. The normalized spacial score (nSPS) is 11.6. The van der Waals surface area contributed by atoms with Gasteiger partial charge in [0.05, 0.1) is 5.71 Å². The van der Waals surface area contributed by atoms with Gasteiger partial charge in [-0.2, -0.15) is 22.7 Å². The number of alkyl halides is 4. The Labute approximate surface area is 145 Å². The molecule has 10 heteroatoms. The number of pyridine rings is 1. The molecule has 0 aliphatic rings. The first kappa shape index (κ1) is 19.2. The molecule has 0 aliphatic carbocycles. The fourth-order valence-electron chi connectivity index (χ4n) is 1.92. The van der Waals surface area contributed by atoms with Crippen molar-refractivity contribution in [2.45, 2.75) is 20.1 Å². The Morgan fingerprint density at radius 3 is 2.46 bits per heavy atom. The summed E-state index contributed by atoms with van der Waals surface area (Å²) in [5, 5.41) is 3.79. The largest absolute Gasteiger partial charge is 0.435 e. The maximum atomic E-state index is 12.6. The highest BCUT2D eigenvalue weighted by molar-refractivity contribution is 6.02. The number of hydrogen-bond donors (Lipinski definition) is 1. The second-order valence-corrected chi connectivity index (χ2v) is 4.77. The Balaban J connectivity index is 2.22. The standard InChI is InChI=1S/C16H13F4N3O3/c1-9(22-23-14(24)12-4-2-3-7-21-12)11-6-5-10(25-15(17)18)8-13(11)26-16(19)20/h2-8,15-16H,1H3,(H,23,24). The third kappa shape index (κ3) is 5.43. The minimum atomic E-state index is -3.19. The summed E-state index contributed by atoms with van der Waals surface area (Å²) in [7, 11) is 0. The molecule has 138 valence electrons. The van der Waals surface area contributed by atoms with Crippen LogP contribution in [-0.2, 0) is 0 Å². The number of aromatic nitrogens is 1. The highest BCUT2D eigenvalue weighted by atomic mass is 19.3. The minimum absolute atomic E-state index is 0.0632. The quantitative estimate of drug-likeness (QED) is 0.460. The molecule has 26 heavy (non-hydrogen) atoms. The van der Waals surface area contributed by atoms with E-state index in [9.17, 15) is 22.4 Å². The summed E-state index contributed by atoms with van der Waals surface area (Å²) >= 11 is 0. The van der Waals surface area contributed by atoms with Crippen LogP contribution in [0.1, 0.15) is 23.0 Å². The third-order valence-electron chi connectivity index (χ3n) is 3.01. The van der Waals surface area contributed by atoms with Gasteiger partial charge in [-0.05, 0) is 31.2 Å². The van der Waals surface area contributed by atoms with Crippen molar-refractivity contribution in [2.24, 2.45) is 5.10 Å². The monoisotopic (exact) mass is 371 g/mol. The van der Waals surface area contributed by atoms with Gasteiger partial charge in [-0.1, -0.05) is 6.07 Å². The molecule has 1 N–H and O–H groups in total. The maximum absolute atomic E-state index is 12.6. The molecule has 0 saturated heterocycles. The first-order valence-electron chi connectivity index (χ1n) is 7.16. The van der Waals surface area contributed by atoms with Gasteiger partial charge < -0.3 is 9.47 Å². The molecule has 0 bridgehead atoms. The summed E-state index contributed by atoms with van der Waals surface area (Å²) < 4.78 is 58.1. The van der Waals surface area contributed by atoms with Gasteiger partial charge in [0, 0.05) is 17.8 Å². The Morgan fingerprint density at radius 2 is 1.85 bits per heavy atom. The number of carbonyl (C=O) groups is 1. The zero-order valence-electron chi connectivity index (χ0n) is 13.3. The number of amides is 1. The van der Waals surface area contributed by atoms with Crippen LogP contribution in [0.4, 0.5) is 17.6 Å². The van der Waals surface area contributed by atoms with Crippen molar-refractivity contribution in [3.63, 3.8) is 0 Å². The van der Waals surface area contributed by atoms with E-state index in [4.69, 9.17) is 0 Å². The van der Waals surface area contributed by atoms with Gasteiger partial charge in [0.15, 0.2) is 0 Å². The zero-order valence-corrected chi connectivity index (χ0v) is 13.3. The highest BCUT2D eigenvalue weighted by Gasteiger charge is 2.15. The van der Waals surface area contributed by atoms with E-state index in [1.54, 1.807) is 12.1 Å². The lowest BCUT2D eigenvalue weighted by atomic mass is 10.1. The molecular weight excluding hydrogens is 358 g/mol. The van der Waals surface area contributed by atoms with E-state index in [1.807, 2.05) is 0 Å². The molecule has 0 atom stereocenters. The van der Waals surface area contributed by atoms with Gasteiger partial charge in [0.25, 0.3) is 5.91 Å². The number of nitrogens with one attached hydrogen (secondary N) is 1. The molecule has 1 aromatic carbocycles. The second kappa shape index (κ2) is 8.79. The van der Waals surface area contributed by atoms with E-state index in [-0.39, 0.29) is 22.7 Å². The molecule has 0 aliphatic heterocycles. The van der Waals surface area contributed by atoms with Gasteiger partial charge in [-0.25, -0.2) is 5.43 Å². The first-order valence-corrected chi connectivity index (χ1v) is 7.16. The molecule has 0 unspecified atom stereocenters. The van der Waals surface area contributed by atoms with E-state index in [0.717, 1.165) is 12.1 Å². The summed E-state index contributed by atoms with van der Waals surface area (Å²) in [6.45, 7) is -4.89. The summed E-state index contributed by atoms with van der Waals surface area (Å²) in [4.78, 5) is 15.7. The van der Waals surface area contributed by atoms with Crippen molar-refractivity contribution in [1.29, 1.82) is 0 Å². The average molecular weight is 371 g/mol. The molecule has 6 nitrogen and oxygen atoms in total. The number of carbonyl (C=O) groups excluding carboxylic acids is 1. The van der Waals surface area contributed by atoms with Gasteiger partial charge in [0.1, 0.15) is 17.2 Å². The lowest BCUT2D eigenvalue weighted by Crippen LogP contribution is -2.20. The Hall–Kier alpha value is -3.17. The number of ether oxygens (including phenoxy) is 2. The third-order valence-corrected chi connectivity index (χ3v) is 3.01. The number of hydrogen-bond acceptors (Lipinski definition) is 5. The van der Waals surface area contributed by atoms with E-state index in [2.05, 4.69) is 25.0 Å². The Morgan fingerprint density at radius 1 is 1.12 bits per heavy atom. The predicted octanol–water partition coefficient (Wildman–Crippen LogP) is 3.44. The van der Waals surface area contributed by atoms with Crippen molar-refractivity contribution in [3.05, 3.63) is 53.9 Å². The predicted molar refractivity (Wildman–Crippen MR) is 83.6 cm³/mol. The molecule has 0 spiro atoms. The summed E-state index contributed by atoms with van der Waals surface area (Å²) in [6.07, 6.45) is 1.42. The van der Waals surface area contributed by atoms with Crippen LogP contribution < -0.4 is 14.9 Å². The SMILES string of the molecule is CC(=NNC(=O)c1ccccn1)c1ccc(OC(F)F)cc1OC(F)F. The fourth-order valence-corrected chi connectivity index (χ4v) is 1.92. The molecule has 2 aromatic rings. The van der Waals surface area contributed by atoms with E-state index < -0.39 is 24.9 Å². The van der Waals surface area contributed by atoms with Crippen molar-refractivity contribution < 1.29 is 31.8 Å². The van der Waals surface area contributed by atoms with Crippen LogP contribution in [-0.4, -0.2) is 29.8 Å². The molecule has 1 heterocycles. The lowest BCUT2D eigenvalue weighted by Gasteiger charge is -2.13. The molecule has 0 saturated carbocycles. The van der Waals surface area contributed by atoms with Crippen LogP contribution in [0.15, 0.2) is 47.7 Å². The van der Waals surface area contributed by atoms with Crippen LogP contribution in [0.3, 0.4) is 0 Å². The van der Waals surface area contributed by atoms with Crippen molar-refractivity contribution >= 4 is 11.6 Å². The second-order valence-electron chi connectivity index (χ2n) is 4.77. The molecule has 0 fully saturated rings. The molecule has 1 aromatic heterocycles. The fraction of sp³-hybridized carbons (Fsp3) is 0.188. The number of benzene rings is 1. The smallest absolute Gasteiger partial charge is 0.387 e. The van der Waals surface area contributed by atoms with Crippen molar-refractivity contribution in [3.8, 4) is 11.5 Å². The summed E-state index contributed by atoms with van der Waals surface area (Å²) in [6, 6.07) is 7.92. The van der Waals surface area contributed by atoms with Gasteiger partial charge in [0.2, 0.25) is 0 Å². The zero-order chi connectivity index (χ0) is 19.1. The number of rotatable bonds is 7. The minimum Gasteiger partial charge on any atom is -0.435 e. The van der Waals surface area contributed by atoms with Gasteiger partial charge in [-0.3, -0.25) is 9.78 Å². The molecule has 0 radical (unpaired) electrons. The summed E-state index contributed by atoms with van der Waals surface area (Å²) in [5.74, 6) is -1.39. The van der Waals surface area contributed by atoms with Crippen LogP contribution in [0.25, 0.3) is 0 Å². The van der Waals surface area contributed by atoms with E-state index in [0.29, 0.717) is 0 Å². The Kier molecular flexibility index (Phi) is 6.48. The molecule has 1 amide bonds. The Bertz CT molecular complexity index is 786. The van der Waals surface area contributed by atoms with Gasteiger partial charge in [-0.15, -0.1) is 0 Å². The average Bonchev–Trinajstić information content (AvgIpc) is 2.59. The highest BCUT2D eigenvalue weighted by Crippen LogP contribution is 2.28. The van der Waals surface area contributed by atoms with Gasteiger partial charge >= 0.3 is 13.2 Å². The van der Waals surface area contributed by atoms with E-state index in [1.165, 1.54) is 25.3 Å². The molecular formula is C16H13F4N3O3. The number of halogens is 4. The summed E-state index contributed by atoms with van der Waals surface area (Å²) in [5.41, 5.74) is 2.49. The maximum Gasteiger partial charge on any atom is 0.387 e.